The van der Waals surface area contributed by atoms with Gasteiger partial charge in [-0.05, 0) is 31.9 Å². The average Bonchev–Trinajstić information content (AvgIpc) is 2.91. The lowest BCUT2D eigenvalue weighted by Crippen LogP contribution is -2.27. The summed E-state index contributed by atoms with van der Waals surface area (Å²) in [4.78, 5) is 13.3. The van der Waals surface area contributed by atoms with Gasteiger partial charge in [-0.3, -0.25) is 9.69 Å². The molecule has 0 spiro atoms. The van der Waals surface area contributed by atoms with Crippen molar-refractivity contribution in [3.8, 4) is 0 Å². The Labute approximate surface area is 90.1 Å². The minimum absolute atomic E-state index is 0.264. The van der Waals surface area contributed by atoms with Gasteiger partial charge in [0.15, 0.2) is 0 Å². The molecule has 0 atom stereocenters. The van der Waals surface area contributed by atoms with Gasteiger partial charge in [0.05, 0.1) is 12.8 Å². The monoisotopic (exact) mass is 207 g/mol. The molecule has 15 heavy (non-hydrogen) atoms. The molecular formula is C12H17NO2. The Kier molecular flexibility index (Phi) is 3.21. The van der Waals surface area contributed by atoms with Crippen LogP contribution in [0, 0.1) is 0 Å². The first-order chi connectivity index (χ1) is 7.25. The molecule has 1 aromatic heterocycles. The lowest BCUT2D eigenvalue weighted by Gasteiger charge is -2.19. The SMILES string of the molecule is CC(=O)CCN(Cc1ccco1)C1CC1. The Morgan fingerprint density at radius 1 is 1.60 bits per heavy atom. The molecule has 1 aliphatic carbocycles. The summed E-state index contributed by atoms with van der Waals surface area (Å²) in [6.07, 6.45) is 4.87. The standard InChI is InChI=1S/C12H17NO2/c1-10(14)6-7-13(11-4-5-11)9-12-3-2-8-15-12/h2-3,8,11H,4-7,9H2,1H3. The van der Waals surface area contributed by atoms with Gasteiger partial charge in [0.1, 0.15) is 11.5 Å². The van der Waals surface area contributed by atoms with Gasteiger partial charge in [0.2, 0.25) is 0 Å². The van der Waals surface area contributed by atoms with Crippen LogP contribution in [-0.2, 0) is 11.3 Å². The summed E-state index contributed by atoms with van der Waals surface area (Å²) in [5.41, 5.74) is 0. The predicted octanol–water partition coefficient (Wildman–Crippen LogP) is 2.22. The summed E-state index contributed by atoms with van der Waals surface area (Å²) in [6, 6.07) is 4.57. The summed E-state index contributed by atoms with van der Waals surface area (Å²) in [5.74, 6) is 1.26. The summed E-state index contributed by atoms with van der Waals surface area (Å²) in [5, 5.41) is 0. The Morgan fingerprint density at radius 3 is 2.93 bits per heavy atom. The van der Waals surface area contributed by atoms with Crippen molar-refractivity contribution in [1.82, 2.24) is 4.90 Å². The maximum atomic E-state index is 10.9. The molecule has 82 valence electrons. The van der Waals surface area contributed by atoms with Crippen LogP contribution in [0.25, 0.3) is 0 Å². The van der Waals surface area contributed by atoms with Crippen molar-refractivity contribution < 1.29 is 9.21 Å². The third-order valence-electron chi connectivity index (χ3n) is 2.75. The Bertz CT molecular complexity index is 314. The highest BCUT2D eigenvalue weighted by Crippen LogP contribution is 2.28. The van der Waals surface area contributed by atoms with E-state index < -0.39 is 0 Å². The first-order valence-corrected chi connectivity index (χ1v) is 5.51. The van der Waals surface area contributed by atoms with E-state index in [2.05, 4.69) is 4.90 Å². The molecule has 0 aliphatic heterocycles. The van der Waals surface area contributed by atoms with E-state index in [1.54, 1.807) is 13.2 Å². The zero-order valence-electron chi connectivity index (χ0n) is 9.11. The van der Waals surface area contributed by atoms with E-state index in [0.717, 1.165) is 18.8 Å². The smallest absolute Gasteiger partial charge is 0.131 e. The van der Waals surface area contributed by atoms with E-state index in [1.165, 1.54) is 12.8 Å². The molecule has 1 aliphatic rings. The van der Waals surface area contributed by atoms with E-state index in [-0.39, 0.29) is 5.78 Å². The molecule has 0 bridgehead atoms. The van der Waals surface area contributed by atoms with Crippen molar-refractivity contribution in [1.29, 1.82) is 0 Å². The number of ketones is 1. The quantitative estimate of drug-likeness (QED) is 0.717. The van der Waals surface area contributed by atoms with E-state index in [9.17, 15) is 4.79 Å². The first kappa shape index (κ1) is 10.4. The van der Waals surface area contributed by atoms with Crippen molar-refractivity contribution in [3.05, 3.63) is 24.2 Å². The molecule has 2 rings (SSSR count). The van der Waals surface area contributed by atoms with Crippen LogP contribution in [0.5, 0.6) is 0 Å². The lowest BCUT2D eigenvalue weighted by molar-refractivity contribution is -0.117. The second-order valence-corrected chi connectivity index (χ2v) is 4.23. The van der Waals surface area contributed by atoms with E-state index in [4.69, 9.17) is 4.42 Å². The van der Waals surface area contributed by atoms with Crippen LogP contribution in [0.1, 0.15) is 31.9 Å². The number of rotatable bonds is 6. The zero-order chi connectivity index (χ0) is 10.7. The van der Waals surface area contributed by atoms with Crippen LogP contribution in [0.15, 0.2) is 22.8 Å². The van der Waals surface area contributed by atoms with Crippen molar-refractivity contribution in [2.45, 2.75) is 38.8 Å². The lowest BCUT2D eigenvalue weighted by atomic mass is 10.3. The van der Waals surface area contributed by atoms with Gasteiger partial charge in [-0.2, -0.15) is 0 Å². The fraction of sp³-hybridized carbons (Fsp3) is 0.583. The van der Waals surface area contributed by atoms with Gasteiger partial charge in [-0.15, -0.1) is 0 Å². The van der Waals surface area contributed by atoms with Crippen LogP contribution in [-0.4, -0.2) is 23.3 Å². The fourth-order valence-corrected chi connectivity index (χ4v) is 1.73. The average molecular weight is 207 g/mol. The summed E-state index contributed by atoms with van der Waals surface area (Å²) in [7, 11) is 0. The van der Waals surface area contributed by atoms with Crippen molar-refractivity contribution in [3.63, 3.8) is 0 Å². The van der Waals surface area contributed by atoms with E-state index in [1.807, 2.05) is 12.1 Å². The number of Topliss-reactive ketones (excluding diaryl/α,β-unsaturated/α-hetero) is 1. The highest BCUT2D eigenvalue weighted by molar-refractivity contribution is 5.75. The molecule has 3 nitrogen and oxygen atoms in total. The number of carbonyl (C=O) groups excluding carboxylic acids is 1. The third-order valence-corrected chi connectivity index (χ3v) is 2.75. The number of furan rings is 1. The van der Waals surface area contributed by atoms with Gasteiger partial charge in [-0.25, -0.2) is 0 Å². The molecule has 1 aromatic rings. The number of hydrogen-bond donors (Lipinski definition) is 0. The van der Waals surface area contributed by atoms with Crippen molar-refractivity contribution >= 4 is 5.78 Å². The number of hydrogen-bond acceptors (Lipinski definition) is 3. The first-order valence-electron chi connectivity index (χ1n) is 5.51. The highest BCUT2D eigenvalue weighted by Gasteiger charge is 2.29. The molecule has 0 aromatic carbocycles. The van der Waals surface area contributed by atoms with Gasteiger partial charge in [0.25, 0.3) is 0 Å². The van der Waals surface area contributed by atoms with Gasteiger partial charge < -0.3 is 4.42 Å². The van der Waals surface area contributed by atoms with Crippen LogP contribution in [0.4, 0.5) is 0 Å². The molecule has 0 unspecified atom stereocenters. The van der Waals surface area contributed by atoms with Crippen LogP contribution in [0.2, 0.25) is 0 Å². The van der Waals surface area contributed by atoms with Gasteiger partial charge >= 0.3 is 0 Å². The molecule has 0 saturated heterocycles. The normalized spacial score (nSPS) is 15.9. The molecular weight excluding hydrogens is 190 g/mol. The second kappa shape index (κ2) is 4.62. The van der Waals surface area contributed by atoms with Crippen molar-refractivity contribution in [2.75, 3.05) is 6.54 Å². The summed E-state index contributed by atoms with van der Waals surface area (Å²) in [6.45, 7) is 3.35. The molecule has 3 heteroatoms. The molecule has 1 heterocycles. The minimum atomic E-state index is 0.264. The van der Waals surface area contributed by atoms with Crippen LogP contribution in [0.3, 0.4) is 0 Å². The Hall–Kier alpha value is -1.09. The highest BCUT2D eigenvalue weighted by atomic mass is 16.3. The minimum Gasteiger partial charge on any atom is -0.468 e. The maximum absolute atomic E-state index is 10.9. The predicted molar refractivity (Wildman–Crippen MR) is 57.4 cm³/mol. The second-order valence-electron chi connectivity index (χ2n) is 4.23. The summed E-state index contributed by atoms with van der Waals surface area (Å²) < 4.78 is 5.32. The number of carbonyl (C=O) groups is 1. The molecule has 1 fully saturated rings. The van der Waals surface area contributed by atoms with Gasteiger partial charge in [-0.1, -0.05) is 0 Å². The molecule has 0 amide bonds. The van der Waals surface area contributed by atoms with Crippen LogP contribution >= 0.6 is 0 Å². The largest absolute Gasteiger partial charge is 0.468 e. The maximum Gasteiger partial charge on any atom is 0.131 e. The Morgan fingerprint density at radius 2 is 2.40 bits per heavy atom. The molecule has 0 N–H and O–H groups in total. The van der Waals surface area contributed by atoms with E-state index >= 15 is 0 Å². The fourth-order valence-electron chi connectivity index (χ4n) is 1.73. The summed E-state index contributed by atoms with van der Waals surface area (Å²) >= 11 is 0. The zero-order valence-corrected chi connectivity index (χ0v) is 9.11. The molecule has 1 saturated carbocycles. The number of nitrogens with zero attached hydrogens (tertiary/aromatic N) is 1. The Balaban J connectivity index is 1.86. The third kappa shape index (κ3) is 3.20. The van der Waals surface area contributed by atoms with Gasteiger partial charge in [0, 0.05) is 19.0 Å². The van der Waals surface area contributed by atoms with E-state index in [0.29, 0.717) is 12.5 Å². The van der Waals surface area contributed by atoms with Crippen LogP contribution < -0.4 is 0 Å². The van der Waals surface area contributed by atoms with Crippen molar-refractivity contribution in [2.24, 2.45) is 0 Å². The molecule has 0 radical (unpaired) electrons. The topological polar surface area (TPSA) is 33.5 Å².